The highest BCUT2D eigenvalue weighted by molar-refractivity contribution is 7.90. The summed E-state index contributed by atoms with van der Waals surface area (Å²) in [4.78, 5) is 12.2. The Morgan fingerprint density at radius 1 is 1.05 bits per heavy atom. The molecule has 0 bridgehead atoms. The molecule has 0 spiro atoms. The molecule has 2 rings (SSSR count). The molecule has 2 aromatic carbocycles. The second-order valence-corrected chi connectivity index (χ2v) is 7.15. The summed E-state index contributed by atoms with van der Waals surface area (Å²) in [7, 11) is -3.29. The lowest BCUT2D eigenvalue weighted by Gasteiger charge is -2.08. The average Bonchev–Trinajstić information content (AvgIpc) is 2.43. The Morgan fingerprint density at radius 3 is 2.24 bits per heavy atom. The van der Waals surface area contributed by atoms with Crippen LogP contribution in [0.5, 0.6) is 0 Å². The third-order valence-electron chi connectivity index (χ3n) is 2.74. The average molecular weight is 344 g/mol. The van der Waals surface area contributed by atoms with Crippen molar-refractivity contribution < 1.29 is 13.2 Å². The van der Waals surface area contributed by atoms with Crippen LogP contribution in [0.2, 0.25) is 10.0 Å². The molecule has 0 atom stereocenters. The number of halogens is 2. The van der Waals surface area contributed by atoms with E-state index in [1.807, 2.05) is 0 Å². The molecule has 2 aromatic rings. The van der Waals surface area contributed by atoms with Crippen LogP contribution in [0.1, 0.15) is 10.4 Å². The lowest BCUT2D eigenvalue weighted by Crippen LogP contribution is -2.12. The molecule has 0 aliphatic heterocycles. The topological polar surface area (TPSA) is 63.2 Å². The summed E-state index contributed by atoms with van der Waals surface area (Å²) in [6.45, 7) is 0. The first kappa shape index (κ1) is 15.8. The quantitative estimate of drug-likeness (QED) is 0.924. The van der Waals surface area contributed by atoms with Crippen LogP contribution in [-0.4, -0.2) is 20.6 Å². The van der Waals surface area contributed by atoms with Gasteiger partial charge in [0.15, 0.2) is 9.84 Å². The van der Waals surface area contributed by atoms with Gasteiger partial charge in [-0.3, -0.25) is 4.79 Å². The van der Waals surface area contributed by atoms with E-state index >= 15 is 0 Å². The van der Waals surface area contributed by atoms with Gasteiger partial charge in [-0.25, -0.2) is 8.42 Å². The van der Waals surface area contributed by atoms with Crippen molar-refractivity contribution in [2.45, 2.75) is 4.90 Å². The summed E-state index contributed by atoms with van der Waals surface area (Å²) in [5, 5.41) is 3.21. The molecule has 0 saturated carbocycles. The third-order valence-corrected chi connectivity index (χ3v) is 4.69. The van der Waals surface area contributed by atoms with Crippen molar-refractivity contribution in [3.05, 3.63) is 58.1 Å². The van der Waals surface area contributed by atoms with Crippen molar-refractivity contribution in [1.82, 2.24) is 0 Å². The molecule has 0 fully saturated rings. The summed E-state index contributed by atoms with van der Waals surface area (Å²) >= 11 is 11.8. The van der Waals surface area contributed by atoms with E-state index in [-0.39, 0.29) is 9.92 Å². The first-order valence-corrected chi connectivity index (χ1v) is 8.49. The van der Waals surface area contributed by atoms with Crippen molar-refractivity contribution in [1.29, 1.82) is 0 Å². The molecule has 0 saturated heterocycles. The summed E-state index contributed by atoms with van der Waals surface area (Å²) in [5.74, 6) is -0.404. The number of carbonyl (C=O) groups is 1. The van der Waals surface area contributed by atoms with Gasteiger partial charge in [0.25, 0.3) is 5.91 Å². The highest BCUT2D eigenvalue weighted by Gasteiger charge is 2.12. The van der Waals surface area contributed by atoms with Crippen LogP contribution in [0.15, 0.2) is 47.4 Å². The van der Waals surface area contributed by atoms with E-state index in [0.717, 1.165) is 6.26 Å². The number of benzene rings is 2. The van der Waals surface area contributed by atoms with E-state index in [1.54, 1.807) is 18.2 Å². The molecule has 1 N–H and O–H groups in total. The Morgan fingerprint density at radius 2 is 1.67 bits per heavy atom. The fourth-order valence-electron chi connectivity index (χ4n) is 1.65. The van der Waals surface area contributed by atoms with Gasteiger partial charge in [-0.05, 0) is 36.4 Å². The van der Waals surface area contributed by atoms with Crippen molar-refractivity contribution in [2.24, 2.45) is 0 Å². The van der Waals surface area contributed by atoms with Crippen LogP contribution in [0, 0.1) is 0 Å². The van der Waals surface area contributed by atoms with Gasteiger partial charge in [0, 0.05) is 11.8 Å². The fourth-order valence-corrected chi connectivity index (χ4v) is 2.63. The number of nitrogens with one attached hydrogen (secondary N) is 1. The Kier molecular flexibility index (Phi) is 4.56. The van der Waals surface area contributed by atoms with E-state index in [1.165, 1.54) is 24.3 Å². The molecule has 1 amide bonds. The van der Waals surface area contributed by atoms with E-state index in [4.69, 9.17) is 23.2 Å². The first-order valence-electron chi connectivity index (χ1n) is 5.84. The molecular formula is C14H11Cl2NO3S. The molecule has 0 aliphatic carbocycles. The SMILES string of the molecule is CS(=O)(=O)c1ccc(C(=O)Nc2cccc(Cl)c2Cl)cc1. The highest BCUT2D eigenvalue weighted by Crippen LogP contribution is 2.29. The Bertz CT molecular complexity index is 786. The second-order valence-electron chi connectivity index (χ2n) is 4.35. The Labute approximate surface area is 132 Å². The van der Waals surface area contributed by atoms with Crippen molar-refractivity contribution in [3.63, 3.8) is 0 Å². The predicted molar refractivity (Wildman–Crippen MR) is 84.0 cm³/mol. The minimum atomic E-state index is -3.29. The van der Waals surface area contributed by atoms with Crippen LogP contribution in [-0.2, 0) is 9.84 Å². The van der Waals surface area contributed by atoms with Gasteiger partial charge in [-0.15, -0.1) is 0 Å². The van der Waals surface area contributed by atoms with Crippen LogP contribution < -0.4 is 5.32 Å². The number of anilines is 1. The zero-order chi connectivity index (χ0) is 15.6. The molecule has 0 unspecified atom stereocenters. The lowest BCUT2D eigenvalue weighted by atomic mass is 10.2. The molecule has 0 aromatic heterocycles. The summed E-state index contributed by atoms with van der Waals surface area (Å²) < 4.78 is 22.7. The number of rotatable bonds is 3. The molecule has 21 heavy (non-hydrogen) atoms. The summed E-state index contributed by atoms with van der Waals surface area (Å²) in [5.41, 5.74) is 0.708. The van der Waals surface area contributed by atoms with E-state index < -0.39 is 15.7 Å². The largest absolute Gasteiger partial charge is 0.321 e. The van der Waals surface area contributed by atoms with E-state index in [9.17, 15) is 13.2 Å². The maximum Gasteiger partial charge on any atom is 0.255 e. The van der Waals surface area contributed by atoms with Gasteiger partial charge in [0.05, 0.1) is 20.6 Å². The Hall–Kier alpha value is -1.56. The smallest absolute Gasteiger partial charge is 0.255 e. The van der Waals surface area contributed by atoms with Gasteiger partial charge in [-0.2, -0.15) is 0 Å². The van der Waals surface area contributed by atoms with Crippen LogP contribution >= 0.6 is 23.2 Å². The zero-order valence-corrected chi connectivity index (χ0v) is 13.3. The standard InChI is InChI=1S/C14H11Cl2NO3S/c1-21(19,20)10-7-5-9(6-8-10)14(18)17-12-4-2-3-11(15)13(12)16/h2-8H,1H3,(H,17,18). The molecule has 4 nitrogen and oxygen atoms in total. The molecule has 7 heteroatoms. The van der Waals surface area contributed by atoms with Crippen LogP contribution in [0.3, 0.4) is 0 Å². The predicted octanol–water partition coefficient (Wildman–Crippen LogP) is 3.65. The molecule has 0 radical (unpaired) electrons. The van der Waals surface area contributed by atoms with Gasteiger partial charge in [0.2, 0.25) is 0 Å². The number of hydrogen-bond donors (Lipinski definition) is 1. The lowest BCUT2D eigenvalue weighted by molar-refractivity contribution is 0.102. The summed E-state index contributed by atoms with van der Waals surface area (Å²) in [6.07, 6.45) is 1.10. The minimum absolute atomic E-state index is 0.153. The molecule has 0 heterocycles. The fraction of sp³-hybridized carbons (Fsp3) is 0.0714. The maximum atomic E-state index is 12.1. The molecule has 0 aliphatic rings. The maximum absolute atomic E-state index is 12.1. The van der Waals surface area contributed by atoms with Gasteiger partial charge in [0.1, 0.15) is 0 Å². The number of sulfone groups is 1. The minimum Gasteiger partial charge on any atom is -0.321 e. The number of carbonyl (C=O) groups excluding carboxylic acids is 1. The van der Waals surface area contributed by atoms with Crippen LogP contribution in [0.4, 0.5) is 5.69 Å². The van der Waals surface area contributed by atoms with E-state index in [0.29, 0.717) is 16.3 Å². The van der Waals surface area contributed by atoms with Crippen molar-refractivity contribution in [2.75, 3.05) is 11.6 Å². The van der Waals surface area contributed by atoms with Crippen molar-refractivity contribution >= 4 is 44.6 Å². The molecular weight excluding hydrogens is 333 g/mol. The normalized spacial score (nSPS) is 11.2. The Balaban J connectivity index is 2.23. The van der Waals surface area contributed by atoms with E-state index in [2.05, 4.69) is 5.32 Å². The van der Waals surface area contributed by atoms with Crippen LogP contribution in [0.25, 0.3) is 0 Å². The monoisotopic (exact) mass is 343 g/mol. The van der Waals surface area contributed by atoms with Gasteiger partial charge in [-0.1, -0.05) is 29.3 Å². The third kappa shape index (κ3) is 3.75. The summed E-state index contributed by atoms with van der Waals surface area (Å²) in [6, 6.07) is 10.5. The number of hydrogen-bond acceptors (Lipinski definition) is 3. The van der Waals surface area contributed by atoms with Gasteiger partial charge >= 0.3 is 0 Å². The van der Waals surface area contributed by atoms with Crippen molar-refractivity contribution in [3.8, 4) is 0 Å². The first-order chi connectivity index (χ1) is 9.79. The second kappa shape index (κ2) is 6.05. The highest BCUT2D eigenvalue weighted by atomic mass is 35.5. The molecule has 110 valence electrons. The zero-order valence-electron chi connectivity index (χ0n) is 10.9. The van der Waals surface area contributed by atoms with Gasteiger partial charge < -0.3 is 5.32 Å². The number of amides is 1.